The molecule has 2 aliphatic rings. The molecule has 0 atom stereocenters. The van der Waals surface area contributed by atoms with E-state index in [0.29, 0.717) is 44.8 Å². The number of hydrogen-bond acceptors (Lipinski definition) is 3. The lowest BCUT2D eigenvalue weighted by Crippen LogP contribution is -2.57. The van der Waals surface area contributed by atoms with Crippen LogP contribution in [0.3, 0.4) is 0 Å². The molecular formula is C14H23NO4. The Bertz CT molecular complexity index is 341. The lowest BCUT2D eigenvalue weighted by Gasteiger charge is -2.37. The van der Waals surface area contributed by atoms with Crippen LogP contribution >= 0.6 is 0 Å². The molecule has 19 heavy (non-hydrogen) atoms. The first-order valence-corrected chi connectivity index (χ1v) is 7.17. The van der Waals surface area contributed by atoms with E-state index >= 15 is 0 Å². The van der Waals surface area contributed by atoms with E-state index < -0.39 is 11.5 Å². The Kier molecular flexibility index (Phi) is 4.45. The molecule has 0 radical (unpaired) electrons. The minimum absolute atomic E-state index is 0.0932. The third kappa shape index (κ3) is 3.26. The van der Waals surface area contributed by atoms with Crippen LogP contribution in [0.15, 0.2) is 0 Å². The molecule has 0 spiro atoms. The summed E-state index contributed by atoms with van der Waals surface area (Å²) in [6, 6.07) is 0. The van der Waals surface area contributed by atoms with Gasteiger partial charge in [-0.15, -0.1) is 0 Å². The van der Waals surface area contributed by atoms with Crippen LogP contribution < -0.4 is 5.32 Å². The number of rotatable bonds is 3. The molecule has 0 aromatic carbocycles. The molecule has 2 N–H and O–H groups in total. The second-order valence-electron chi connectivity index (χ2n) is 5.95. The maximum atomic E-state index is 12.2. The number of carboxylic acid groups (broad SMARTS) is 1. The molecule has 1 saturated heterocycles. The van der Waals surface area contributed by atoms with Gasteiger partial charge in [-0.05, 0) is 44.4 Å². The van der Waals surface area contributed by atoms with Gasteiger partial charge in [-0.1, -0.05) is 6.92 Å². The molecule has 1 saturated carbocycles. The predicted molar refractivity (Wildman–Crippen MR) is 69.7 cm³/mol. The van der Waals surface area contributed by atoms with Crippen LogP contribution in [-0.2, 0) is 14.3 Å². The quantitative estimate of drug-likeness (QED) is 0.815. The van der Waals surface area contributed by atoms with Gasteiger partial charge >= 0.3 is 5.97 Å². The van der Waals surface area contributed by atoms with E-state index in [1.54, 1.807) is 0 Å². The number of carbonyl (C=O) groups is 2. The second kappa shape index (κ2) is 5.90. The number of amides is 1. The van der Waals surface area contributed by atoms with Gasteiger partial charge in [0, 0.05) is 19.1 Å². The molecule has 108 valence electrons. The molecule has 0 bridgehead atoms. The van der Waals surface area contributed by atoms with Crippen molar-refractivity contribution in [3.63, 3.8) is 0 Å². The van der Waals surface area contributed by atoms with Crippen molar-refractivity contribution in [1.82, 2.24) is 5.32 Å². The highest BCUT2D eigenvalue weighted by atomic mass is 16.5. The molecule has 1 amide bonds. The van der Waals surface area contributed by atoms with Crippen LogP contribution in [0.1, 0.15) is 45.4 Å². The molecule has 5 heteroatoms. The zero-order valence-corrected chi connectivity index (χ0v) is 11.5. The Morgan fingerprint density at radius 3 is 2.26 bits per heavy atom. The average molecular weight is 269 g/mol. The SMILES string of the molecule is CC1CCC(NC(=O)C2CCOCC2)(C(=O)O)CC1. The maximum absolute atomic E-state index is 12.2. The number of carboxylic acids is 1. The fourth-order valence-corrected chi connectivity index (χ4v) is 2.94. The summed E-state index contributed by atoms with van der Waals surface area (Å²) < 4.78 is 5.23. The van der Waals surface area contributed by atoms with Crippen molar-refractivity contribution in [3.05, 3.63) is 0 Å². The van der Waals surface area contributed by atoms with Crippen LogP contribution in [0, 0.1) is 11.8 Å². The van der Waals surface area contributed by atoms with Gasteiger partial charge in [0.05, 0.1) is 0 Å². The first-order chi connectivity index (χ1) is 9.03. The van der Waals surface area contributed by atoms with E-state index in [9.17, 15) is 14.7 Å². The minimum Gasteiger partial charge on any atom is -0.480 e. The smallest absolute Gasteiger partial charge is 0.329 e. The maximum Gasteiger partial charge on any atom is 0.329 e. The Hall–Kier alpha value is -1.10. The summed E-state index contributed by atoms with van der Waals surface area (Å²) in [5.74, 6) is -0.545. The lowest BCUT2D eigenvalue weighted by molar-refractivity contribution is -0.151. The van der Waals surface area contributed by atoms with Gasteiger partial charge in [0.1, 0.15) is 5.54 Å². The fourth-order valence-electron chi connectivity index (χ4n) is 2.94. The summed E-state index contributed by atoms with van der Waals surface area (Å²) in [5.41, 5.74) is -1.04. The number of aliphatic carboxylic acids is 1. The summed E-state index contributed by atoms with van der Waals surface area (Å²) in [6.07, 6.45) is 4.19. The number of carbonyl (C=O) groups excluding carboxylic acids is 1. The number of nitrogens with one attached hydrogen (secondary N) is 1. The molecular weight excluding hydrogens is 246 g/mol. The normalized spacial score (nSPS) is 32.8. The van der Waals surface area contributed by atoms with Crippen LogP contribution in [0.4, 0.5) is 0 Å². The van der Waals surface area contributed by atoms with E-state index in [4.69, 9.17) is 4.74 Å². The molecule has 0 aromatic rings. The zero-order chi connectivity index (χ0) is 13.9. The van der Waals surface area contributed by atoms with Crippen molar-refractivity contribution < 1.29 is 19.4 Å². The first-order valence-electron chi connectivity index (χ1n) is 7.17. The van der Waals surface area contributed by atoms with Gasteiger partial charge < -0.3 is 15.2 Å². The van der Waals surface area contributed by atoms with Gasteiger partial charge in [0.15, 0.2) is 0 Å². The highest BCUT2D eigenvalue weighted by Gasteiger charge is 2.43. The number of ether oxygens (including phenoxy) is 1. The van der Waals surface area contributed by atoms with E-state index in [0.717, 1.165) is 12.8 Å². The van der Waals surface area contributed by atoms with Gasteiger partial charge in [-0.3, -0.25) is 4.79 Å². The number of hydrogen-bond donors (Lipinski definition) is 2. The summed E-state index contributed by atoms with van der Waals surface area (Å²) >= 11 is 0. The Morgan fingerprint density at radius 1 is 1.16 bits per heavy atom. The molecule has 5 nitrogen and oxygen atoms in total. The zero-order valence-electron chi connectivity index (χ0n) is 11.5. The minimum atomic E-state index is -1.04. The van der Waals surface area contributed by atoms with Crippen LogP contribution in [0.5, 0.6) is 0 Å². The molecule has 1 aliphatic carbocycles. The van der Waals surface area contributed by atoms with Gasteiger partial charge in [-0.2, -0.15) is 0 Å². The standard InChI is InChI=1S/C14H23NO4/c1-10-2-6-14(7-3-10,13(17)18)15-12(16)11-4-8-19-9-5-11/h10-11H,2-9H2,1H3,(H,15,16)(H,17,18). The molecule has 1 aliphatic heterocycles. The monoisotopic (exact) mass is 269 g/mol. The van der Waals surface area contributed by atoms with Crippen molar-refractivity contribution in [2.45, 2.75) is 51.0 Å². The summed E-state index contributed by atoms with van der Waals surface area (Å²) in [5, 5.41) is 12.3. The van der Waals surface area contributed by atoms with E-state index in [2.05, 4.69) is 12.2 Å². The van der Waals surface area contributed by atoms with Crippen molar-refractivity contribution in [2.24, 2.45) is 11.8 Å². The molecule has 2 rings (SSSR count). The Morgan fingerprint density at radius 2 is 1.74 bits per heavy atom. The average Bonchev–Trinajstić information content (AvgIpc) is 2.42. The Labute approximate surface area is 113 Å². The van der Waals surface area contributed by atoms with Gasteiger partial charge in [0.25, 0.3) is 0 Å². The fraction of sp³-hybridized carbons (Fsp3) is 0.857. The second-order valence-corrected chi connectivity index (χ2v) is 5.95. The highest BCUT2D eigenvalue weighted by molar-refractivity contribution is 5.88. The molecule has 0 aromatic heterocycles. The van der Waals surface area contributed by atoms with Crippen molar-refractivity contribution >= 4 is 11.9 Å². The van der Waals surface area contributed by atoms with E-state index in [1.165, 1.54) is 0 Å². The van der Waals surface area contributed by atoms with Gasteiger partial charge in [0.2, 0.25) is 5.91 Å². The predicted octanol–water partition coefficient (Wildman–Crippen LogP) is 1.56. The lowest BCUT2D eigenvalue weighted by atomic mass is 9.76. The third-order valence-electron chi connectivity index (χ3n) is 4.49. The largest absolute Gasteiger partial charge is 0.480 e. The topological polar surface area (TPSA) is 75.6 Å². The van der Waals surface area contributed by atoms with Crippen LogP contribution in [0.25, 0.3) is 0 Å². The van der Waals surface area contributed by atoms with E-state index in [1.807, 2.05) is 0 Å². The van der Waals surface area contributed by atoms with Crippen molar-refractivity contribution in [3.8, 4) is 0 Å². The highest BCUT2D eigenvalue weighted by Crippen LogP contribution is 2.32. The van der Waals surface area contributed by atoms with Crippen LogP contribution in [-0.4, -0.2) is 35.7 Å². The Balaban J connectivity index is 2.00. The third-order valence-corrected chi connectivity index (χ3v) is 4.49. The summed E-state index contributed by atoms with van der Waals surface area (Å²) in [6.45, 7) is 3.32. The summed E-state index contributed by atoms with van der Waals surface area (Å²) in [7, 11) is 0. The first kappa shape index (κ1) is 14.3. The molecule has 1 heterocycles. The van der Waals surface area contributed by atoms with Crippen molar-refractivity contribution in [1.29, 1.82) is 0 Å². The molecule has 0 unspecified atom stereocenters. The van der Waals surface area contributed by atoms with Crippen LogP contribution in [0.2, 0.25) is 0 Å². The van der Waals surface area contributed by atoms with Gasteiger partial charge in [-0.25, -0.2) is 4.79 Å². The van der Waals surface area contributed by atoms with Crippen molar-refractivity contribution in [2.75, 3.05) is 13.2 Å². The van der Waals surface area contributed by atoms with E-state index in [-0.39, 0.29) is 11.8 Å². The molecule has 2 fully saturated rings. The summed E-state index contributed by atoms with van der Waals surface area (Å²) in [4.78, 5) is 23.8.